The van der Waals surface area contributed by atoms with Gasteiger partial charge in [0, 0.05) is 18.2 Å². The Kier molecular flexibility index (Phi) is 4.12. The van der Waals surface area contributed by atoms with Crippen molar-refractivity contribution in [3.8, 4) is 11.4 Å². The van der Waals surface area contributed by atoms with E-state index < -0.39 is 0 Å². The van der Waals surface area contributed by atoms with Gasteiger partial charge in [-0.15, -0.1) is 0 Å². The Balaban J connectivity index is 2.04. The molecule has 6 heteroatoms. The molecule has 0 atom stereocenters. The number of rotatable bonds is 3. The largest absolute Gasteiger partial charge is 0.339 e. The summed E-state index contributed by atoms with van der Waals surface area (Å²) in [6.07, 6.45) is 0. The summed E-state index contributed by atoms with van der Waals surface area (Å²) in [4.78, 5) is 21.4. The third-order valence-corrected chi connectivity index (χ3v) is 3.72. The van der Waals surface area contributed by atoms with Gasteiger partial charge in [0.1, 0.15) is 5.82 Å². The van der Waals surface area contributed by atoms with Crippen LogP contribution in [0.5, 0.6) is 0 Å². The van der Waals surface area contributed by atoms with Crippen LogP contribution in [0.15, 0.2) is 34.9 Å². The number of hydrogen-bond acceptors (Lipinski definition) is 5. The lowest BCUT2D eigenvalue weighted by molar-refractivity contribution is 0.102. The predicted molar refractivity (Wildman–Crippen MR) is 90.9 cm³/mol. The molecule has 24 heavy (non-hydrogen) atoms. The highest BCUT2D eigenvalue weighted by Gasteiger charge is 2.19. The molecule has 1 aromatic carbocycles. The fourth-order valence-corrected chi connectivity index (χ4v) is 2.61. The Bertz CT molecular complexity index is 915. The first-order valence-corrected chi connectivity index (χ1v) is 7.61. The molecule has 1 N–H and O–H groups in total. The molecule has 1 amide bonds. The van der Waals surface area contributed by atoms with Gasteiger partial charge in [-0.05, 0) is 44.0 Å². The number of hydrogen-bond donors (Lipinski definition) is 1. The van der Waals surface area contributed by atoms with Crippen molar-refractivity contribution in [1.29, 1.82) is 0 Å². The summed E-state index contributed by atoms with van der Waals surface area (Å²) in [5.41, 5.74) is 3.89. The number of nitrogens with one attached hydrogen (secondary N) is 1. The van der Waals surface area contributed by atoms with Gasteiger partial charge in [-0.1, -0.05) is 23.4 Å². The normalized spacial score (nSPS) is 10.7. The van der Waals surface area contributed by atoms with Gasteiger partial charge >= 0.3 is 0 Å². The highest BCUT2D eigenvalue weighted by atomic mass is 16.5. The molecule has 3 aromatic rings. The lowest BCUT2D eigenvalue weighted by Crippen LogP contribution is -2.16. The topological polar surface area (TPSA) is 80.9 Å². The minimum atomic E-state index is -0.216. The van der Waals surface area contributed by atoms with Gasteiger partial charge in [0.05, 0.1) is 5.56 Å². The van der Waals surface area contributed by atoms with Crippen LogP contribution in [0.3, 0.4) is 0 Å². The molecule has 0 aliphatic rings. The van der Waals surface area contributed by atoms with E-state index in [1.54, 1.807) is 13.0 Å². The maximum absolute atomic E-state index is 12.6. The number of benzene rings is 1. The van der Waals surface area contributed by atoms with Gasteiger partial charge in [0.15, 0.2) is 0 Å². The molecule has 0 spiro atoms. The molecule has 0 aliphatic heterocycles. The second-order valence-corrected chi connectivity index (χ2v) is 5.71. The van der Waals surface area contributed by atoms with Crippen molar-refractivity contribution in [3.05, 3.63) is 58.6 Å². The summed E-state index contributed by atoms with van der Waals surface area (Å²) in [6, 6.07) is 9.33. The van der Waals surface area contributed by atoms with E-state index in [0.29, 0.717) is 28.7 Å². The molecule has 0 bridgehead atoms. The zero-order valence-corrected chi connectivity index (χ0v) is 14.0. The number of amides is 1. The third-order valence-electron chi connectivity index (χ3n) is 3.72. The molecule has 122 valence electrons. The van der Waals surface area contributed by atoms with Gasteiger partial charge in [-0.25, -0.2) is 4.98 Å². The Morgan fingerprint density at radius 3 is 2.46 bits per heavy atom. The number of nitrogens with zero attached hydrogens (tertiary/aromatic N) is 3. The fraction of sp³-hybridized carbons (Fsp3) is 0.222. The fourth-order valence-electron chi connectivity index (χ4n) is 2.61. The predicted octanol–water partition coefficient (Wildman–Crippen LogP) is 3.62. The second kappa shape index (κ2) is 6.23. The van der Waals surface area contributed by atoms with Crippen LogP contribution in [0.1, 0.15) is 33.1 Å². The molecular weight excluding hydrogens is 304 g/mol. The number of carbonyl (C=O) groups is 1. The molecule has 6 nitrogen and oxygen atoms in total. The number of anilines is 1. The lowest BCUT2D eigenvalue weighted by Gasteiger charge is -2.12. The summed E-state index contributed by atoms with van der Waals surface area (Å²) in [6.45, 7) is 7.42. The monoisotopic (exact) mass is 322 g/mol. The molecule has 0 unspecified atom stereocenters. The van der Waals surface area contributed by atoms with Crippen LogP contribution < -0.4 is 5.32 Å². The second-order valence-electron chi connectivity index (χ2n) is 5.71. The van der Waals surface area contributed by atoms with E-state index in [-0.39, 0.29) is 5.91 Å². The molecule has 0 radical (unpaired) electrons. The van der Waals surface area contributed by atoms with Gasteiger partial charge in [-0.2, -0.15) is 4.98 Å². The highest BCUT2D eigenvalue weighted by molar-refractivity contribution is 6.06. The molecular formula is C18H18N4O2. The first-order valence-electron chi connectivity index (χ1n) is 7.61. The van der Waals surface area contributed by atoms with E-state index >= 15 is 0 Å². The summed E-state index contributed by atoms with van der Waals surface area (Å²) in [7, 11) is 0. The summed E-state index contributed by atoms with van der Waals surface area (Å²) >= 11 is 0. The molecule has 2 heterocycles. The van der Waals surface area contributed by atoms with Gasteiger partial charge < -0.3 is 9.84 Å². The van der Waals surface area contributed by atoms with Crippen LogP contribution in [0, 0.1) is 27.7 Å². The Labute approximate surface area is 139 Å². The first-order chi connectivity index (χ1) is 11.5. The molecule has 0 saturated heterocycles. The van der Waals surface area contributed by atoms with E-state index in [9.17, 15) is 4.79 Å². The van der Waals surface area contributed by atoms with Crippen molar-refractivity contribution in [2.75, 3.05) is 5.32 Å². The van der Waals surface area contributed by atoms with Gasteiger partial charge in [-0.3, -0.25) is 4.79 Å². The Morgan fingerprint density at radius 2 is 1.79 bits per heavy atom. The zero-order valence-electron chi connectivity index (χ0n) is 14.0. The molecule has 2 aromatic heterocycles. The van der Waals surface area contributed by atoms with Crippen molar-refractivity contribution >= 4 is 11.7 Å². The zero-order chi connectivity index (χ0) is 17.3. The first kappa shape index (κ1) is 15.9. The maximum atomic E-state index is 12.6. The van der Waals surface area contributed by atoms with Crippen LogP contribution in [-0.4, -0.2) is 21.0 Å². The van der Waals surface area contributed by atoms with Crippen molar-refractivity contribution in [3.63, 3.8) is 0 Å². The quantitative estimate of drug-likeness (QED) is 0.796. The Hall–Kier alpha value is -3.02. The van der Waals surface area contributed by atoms with E-state index in [1.165, 1.54) is 0 Å². The summed E-state index contributed by atoms with van der Waals surface area (Å²) in [5.74, 6) is 1.09. The van der Waals surface area contributed by atoms with Gasteiger partial charge in [0.2, 0.25) is 11.7 Å². The van der Waals surface area contributed by atoms with Crippen LogP contribution in [0.25, 0.3) is 11.4 Å². The molecule has 0 fully saturated rings. The standard InChI is InChI=1S/C18H18N4O2/c1-10-7-5-6-8-14(10)18(23)21-16-15(11(2)9-12(3)19-16)17-20-13(4)24-22-17/h5-9H,1-4H3,(H,19,21,23). The minimum Gasteiger partial charge on any atom is -0.339 e. The molecule has 3 rings (SSSR count). The SMILES string of the molecule is Cc1cc(C)c(-c2noc(C)n2)c(NC(=O)c2ccccc2C)n1. The summed E-state index contributed by atoms with van der Waals surface area (Å²) < 4.78 is 5.07. The van der Waals surface area contributed by atoms with E-state index in [2.05, 4.69) is 20.4 Å². The number of aryl methyl sites for hydroxylation is 4. The van der Waals surface area contributed by atoms with Crippen LogP contribution in [0.4, 0.5) is 5.82 Å². The van der Waals surface area contributed by atoms with E-state index in [1.807, 2.05) is 45.0 Å². The van der Waals surface area contributed by atoms with Crippen LogP contribution >= 0.6 is 0 Å². The minimum absolute atomic E-state index is 0.216. The highest BCUT2D eigenvalue weighted by Crippen LogP contribution is 2.29. The number of pyridine rings is 1. The van der Waals surface area contributed by atoms with Crippen molar-refractivity contribution in [1.82, 2.24) is 15.1 Å². The van der Waals surface area contributed by atoms with E-state index in [4.69, 9.17) is 4.52 Å². The average Bonchev–Trinajstić information content (AvgIpc) is 2.93. The third kappa shape index (κ3) is 3.03. The number of aromatic nitrogens is 3. The van der Waals surface area contributed by atoms with Crippen molar-refractivity contribution < 1.29 is 9.32 Å². The van der Waals surface area contributed by atoms with E-state index in [0.717, 1.165) is 16.8 Å². The van der Waals surface area contributed by atoms with Crippen molar-refractivity contribution in [2.45, 2.75) is 27.7 Å². The smallest absolute Gasteiger partial charge is 0.257 e. The van der Waals surface area contributed by atoms with Crippen molar-refractivity contribution in [2.24, 2.45) is 0 Å². The Morgan fingerprint density at radius 1 is 1.04 bits per heavy atom. The van der Waals surface area contributed by atoms with Crippen LogP contribution in [0.2, 0.25) is 0 Å². The summed E-state index contributed by atoms with van der Waals surface area (Å²) in [5, 5.41) is 6.84. The molecule has 0 aliphatic carbocycles. The lowest BCUT2D eigenvalue weighted by atomic mass is 10.1. The molecule has 0 saturated carbocycles. The van der Waals surface area contributed by atoms with Gasteiger partial charge in [0.25, 0.3) is 5.91 Å². The maximum Gasteiger partial charge on any atom is 0.257 e. The van der Waals surface area contributed by atoms with Crippen LogP contribution in [-0.2, 0) is 0 Å². The average molecular weight is 322 g/mol. The number of carbonyl (C=O) groups excluding carboxylic acids is 1.